The highest BCUT2D eigenvalue weighted by atomic mass is 16.8. The Morgan fingerprint density at radius 3 is 2.25 bits per heavy atom. The largest absolute Gasteiger partial charge is 0.872 e. The van der Waals surface area contributed by atoms with Crippen LogP contribution < -0.4 is 5.11 Å². The highest BCUT2D eigenvalue weighted by Crippen LogP contribution is 2.41. The van der Waals surface area contributed by atoms with Gasteiger partial charge in [0, 0.05) is 6.08 Å². The summed E-state index contributed by atoms with van der Waals surface area (Å²) in [6, 6.07) is 6.74. The van der Waals surface area contributed by atoms with E-state index < -0.39 is 16.3 Å². The number of fused-ring (bicyclic) bond motifs is 3. The van der Waals surface area contributed by atoms with Crippen LogP contribution in [0.5, 0.6) is 0 Å². The van der Waals surface area contributed by atoms with E-state index >= 15 is 0 Å². The SMILES string of the molecule is [O-]C1=C2C=C(N(O)O)C(=[N+]([O-])[O-])C=C2c2ccccc21. The summed E-state index contributed by atoms with van der Waals surface area (Å²) in [6.45, 7) is 0. The molecule has 0 aliphatic heterocycles. The number of hydrogen-bond donors (Lipinski definition) is 2. The second kappa shape index (κ2) is 4.12. The van der Waals surface area contributed by atoms with Gasteiger partial charge in [-0.2, -0.15) is 4.90 Å². The van der Waals surface area contributed by atoms with E-state index in [1.54, 1.807) is 24.3 Å². The van der Waals surface area contributed by atoms with Crippen molar-refractivity contribution in [3.8, 4) is 0 Å². The van der Waals surface area contributed by atoms with Crippen LogP contribution in [0.2, 0.25) is 0 Å². The Morgan fingerprint density at radius 2 is 1.65 bits per heavy atom. The molecule has 2 N–H and O–H groups in total. The number of rotatable bonds is 1. The summed E-state index contributed by atoms with van der Waals surface area (Å²) in [5.74, 6) is -0.298. The first kappa shape index (κ1) is 12.3. The Labute approximate surface area is 113 Å². The van der Waals surface area contributed by atoms with Gasteiger partial charge in [0.05, 0.1) is 0 Å². The number of allylic oxidation sites excluding steroid dienone is 4. The zero-order valence-electron chi connectivity index (χ0n) is 9.98. The molecular formula is C13H8N2O5-2. The Bertz CT molecular complexity index is 724. The molecule has 1 aromatic rings. The lowest BCUT2D eigenvalue weighted by Crippen LogP contribution is -2.26. The van der Waals surface area contributed by atoms with Crippen LogP contribution in [0.15, 0.2) is 47.7 Å². The molecule has 0 unspecified atom stereocenters. The maximum Gasteiger partial charge on any atom is 0.252 e. The lowest BCUT2D eigenvalue weighted by molar-refractivity contribution is -0.381. The van der Waals surface area contributed by atoms with Crippen LogP contribution >= 0.6 is 0 Å². The molecule has 0 spiro atoms. The van der Waals surface area contributed by atoms with E-state index in [0.29, 0.717) is 16.7 Å². The molecule has 0 aromatic heterocycles. The lowest BCUT2D eigenvalue weighted by atomic mass is 9.95. The van der Waals surface area contributed by atoms with Crippen LogP contribution in [0.4, 0.5) is 0 Å². The summed E-state index contributed by atoms with van der Waals surface area (Å²) < 4.78 is 0. The van der Waals surface area contributed by atoms with Crippen molar-refractivity contribution in [1.82, 2.24) is 5.23 Å². The molecule has 1 aromatic carbocycles. The molecular weight excluding hydrogens is 264 g/mol. The van der Waals surface area contributed by atoms with Crippen molar-refractivity contribution in [2.75, 3.05) is 0 Å². The van der Waals surface area contributed by atoms with Gasteiger partial charge in [0.2, 0.25) is 0 Å². The highest BCUT2D eigenvalue weighted by molar-refractivity contribution is 6.17. The third kappa shape index (κ3) is 1.58. The number of hydrogen-bond acceptors (Lipinski definition) is 6. The molecule has 2 aliphatic carbocycles. The third-order valence-corrected chi connectivity index (χ3v) is 3.23. The van der Waals surface area contributed by atoms with Gasteiger partial charge in [0.1, 0.15) is 0 Å². The van der Waals surface area contributed by atoms with Gasteiger partial charge in [-0.25, -0.2) is 0 Å². The zero-order chi connectivity index (χ0) is 14.4. The molecule has 2 aliphatic rings. The third-order valence-electron chi connectivity index (χ3n) is 3.23. The van der Waals surface area contributed by atoms with Crippen LogP contribution in [0, 0.1) is 10.4 Å². The van der Waals surface area contributed by atoms with Crippen molar-refractivity contribution in [2.45, 2.75) is 0 Å². The fourth-order valence-corrected chi connectivity index (χ4v) is 2.36. The van der Waals surface area contributed by atoms with Crippen molar-refractivity contribution in [3.05, 3.63) is 69.2 Å². The summed E-state index contributed by atoms with van der Waals surface area (Å²) >= 11 is 0. The Morgan fingerprint density at radius 1 is 1.00 bits per heavy atom. The average Bonchev–Trinajstić information content (AvgIpc) is 2.71. The van der Waals surface area contributed by atoms with Gasteiger partial charge in [0.25, 0.3) is 5.71 Å². The van der Waals surface area contributed by atoms with Crippen LogP contribution in [-0.4, -0.2) is 26.3 Å². The minimum absolute atomic E-state index is 0.208. The predicted octanol–water partition coefficient (Wildman–Crippen LogP) is 0.582. The molecule has 0 saturated heterocycles. The minimum Gasteiger partial charge on any atom is -0.872 e. The van der Waals surface area contributed by atoms with Crippen molar-refractivity contribution in [1.29, 1.82) is 0 Å². The second-order valence-corrected chi connectivity index (χ2v) is 4.31. The molecule has 0 fully saturated rings. The molecule has 0 atom stereocenters. The monoisotopic (exact) mass is 272 g/mol. The lowest BCUT2D eigenvalue weighted by Gasteiger charge is -2.20. The molecule has 20 heavy (non-hydrogen) atoms. The zero-order valence-corrected chi connectivity index (χ0v) is 9.98. The maximum atomic E-state index is 12.2. The number of hydroxylamine groups is 2. The van der Waals surface area contributed by atoms with Crippen molar-refractivity contribution < 1.29 is 20.4 Å². The summed E-state index contributed by atoms with van der Waals surface area (Å²) in [4.78, 5) is -0.736. The Hall–Kier alpha value is -2.77. The van der Waals surface area contributed by atoms with Gasteiger partial charge in [-0.3, -0.25) is 10.4 Å². The molecule has 7 nitrogen and oxygen atoms in total. The number of nitrogens with zero attached hydrogens (tertiary/aromatic N) is 2. The van der Waals surface area contributed by atoms with Crippen LogP contribution in [-0.2, 0) is 0 Å². The Balaban J connectivity index is 2.28. The summed E-state index contributed by atoms with van der Waals surface area (Å²) in [7, 11) is 0. The van der Waals surface area contributed by atoms with E-state index in [1.807, 2.05) is 0 Å². The average molecular weight is 272 g/mol. The van der Waals surface area contributed by atoms with Crippen LogP contribution in [0.3, 0.4) is 0 Å². The first-order valence-electron chi connectivity index (χ1n) is 5.65. The summed E-state index contributed by atoms with van der Waals surface area (Å²) in [6.07, 6.45) is 2.28. The maximum absolute atomic E-state index is 12.2. The topological polar surface area (TPSA) is 116 Å². The van der Waals surface area contributed by atoms with Crippen LogP contribution in [0.25, 0.3) is 11.3 Å². The van der Waals surface area contributed by atoms with Crippen LogP contribution in [0.1, 0.15) is 11.1 Å². The van der Waals surface area contributed by atoms with Gasteiger partial charge < -0.3 is 15.5 Å². The van der Waals surface area contributed by atoms with Gasteiger partial charge in [-0.1, -0.05) is 30.0 Å². The molecule has 3 rings (SSSR count). The first-order chi connectivity index (χ1) is 9.50. The molecule has 7 heteroatoms. The minimum atomic E-state index is -0.736. The van der Waals surface area contributed by atoms with Gasteiger partial charge >= 0.3 is 0 Å². The molecule has 0 amide bonds. The van der Waals surface area contributed by atoms with Crippen molar-refractivity contribution in [3.63, 3.8) is 0 Å². The van der Waals surface area contributed by atoms with Gasteiger partial charge in [-0.15, -0.1) is 5.23 Å². The first-order valence-corrected chi connectivity index (χ1v) is 5.65. The van der Waals surface area contributed by atoms with E-state index in [0.717, 1.165) is 6.08 Å². The molecule has 102 valence electrons. The molecule has 0 bridgehead atoms. The summed E-state index contributed by atoms with van der Waals surface area (Å²) in [5, 5.41) is 51.9. The van der Waals surface area contributed by atoms with E-state index in [9.17, 15) is 15.5 Å². The second-order valence-electron chi connectivity index (χ2n) is 4.31. The van der Waals surface area contributed by atoms with Crippen molar-refractivity contribution >= 4 is 17.0 Å². The smallest absolute Gasteiger partial charge is 0.252 e. The molecule has 0 radical (unpaired) electrons. The van der Waals surface area contributed by atoms with E-state index in [1.165, 1.54) is 6.08 Å². The number of benzene rings is 1. The summed E-state index contributed by atoms with van der Waals surface area (Å²) in [5.41, 5.74) is 0.733. The van der Waals surface area contributed by atoms with Gasteiger partial charge in [-0.05, 0) is 28.3 Å². The van der Waals surface area contributed by atoms with E-state index in [4.69, 9.17) is 10.4 Å². The normalized spacial score (nSPS) is 16.4. The van der Waals surface area contributed by atoms with Gasteiger partial charge in [0.15, 0.2) is 5.70 Å². The Kier molecular flexibility index (Phi) is 2.53. The molecule has 0 heterocycles. The fraction of sp³-hybridized carbons (Fsp3) is 0. The molecule has 0 saturated carbocycles. The van der Waals surface area contributed by atoms with Crippen molar-refractivity contribution in [2.24, 2.45) is 0 Å². The van der Waals surface area contributed by atoms with E-state index in [-0.39, 0.29) is 16.6 Å². The standard InChI is InChI=1S/C13H9N2O5/c16-13-8-4-2-1-3-7(8)9-5-11(14(17)18)12(15(19)20)6-10(9)13/h1-6,19-20H,(H-,16,17,18)/q-1/p-1. The van der Waals surface area contributed by atoms with E-state index in [2.05, 4.69) is 0 Å². The fourth-order valence-electron chi connectivity index (χ4n) is 2.36. The highest BCUT2D eigenvalue weighted by Gasteiger charge is 2.29. The predicted molar refractivity (Wildman–Crippen MR) is 66.8 cm³/mol. The quantitative estimate of drug-likeness (QED) is 0.570.